The summed E-state index contributed by atoms with van der Waals surface area (Å²) in [6.45, 7) is 0. The van der Waals surface area contributed by atoms with E-state index in [-0.39, 0.29) is 12.0 Å². The number of para-hydroxylation sites is 1. The van der Waals surface area contributed by atoms with Crippen LogP contribution in [-0.2, 0) is 4.79 Å². The second-order valence-corrected chi connectivity index (χ2v) is 7.16. The quantitative estimate of drug-likeness (QED) is 0.774. The Balaban J connectivity index is 1.80. The molecule has 0 unspecified atom stereocenters. The Bertz CT molecular complexity index is 682. The van der Waals surface area contributed by atoms with Gasteiger partial charge in [-0.25, -0.2) is 0 Å². The van der Waals surface area contributed by atoms with Crippen molar-refractivity contribution in [3.8, 4) is 0 Å². The van der Waals surface area contributed by atoms with E-state index in [9.17, 15) is 4.79 Å². The van der Waals surface area contributed by atoms with Crippen LogP contribution in [0.25, 0.3) is 0 Å². The largest absolute Gasteiger partial charge is 0.360 e. The van der Waals surface area contributed by atoms with Gasteiger partial charge in [-0.1, -0.05) is 46.3 Å². The number of carbonyl (C=O) groups excluding carboxylic acids is 1. The van der Waals surface area contributed by atoms with Crippen molar-refractivity contribution < 1.29 is 4.79 Å². The number of carbonyl (C=O) groups is 1. The molecule has 22 heavy (non-hydrogen) atoms. The van der Waals surface area contributed by atoms with Crippen LogP contribution in [0.4, 0.5) is 5.69 Å². The number of Topliss-reactive ketones (excluding diaryl/α,β-unsaturated/α-hetero) is 1. The lowest BCUT2D eigenvalue weighted by Gasteiger charge is -2.52. The summed E-state index contributed by atoms with van der Waals surface area (Å²) in [5.74, 6) is 0.572. The zero-order valence-electron chi connectivity index (χ0n) is 12.3. The number of hydrogen-bond donors (Lipinski definition) is 0. The summed E-state index contributed by atoms with van der Waals surface area (Å²) in [4.78, 5) is 14.9. The summed E-state index contributed by atoms with van der Waals surface area (Å²) in [6.07, 6.45) is 2.85. The van der Waals surface area contributed by atoms with Crippen LogP contribution in [0.15, 0.2) is 59.1 Å². The molecular weight excluding hydrogens is 338 g/mol. The highest BCUT2D eigenvalue weighted by molar-refractivity contribution is 9.10. The molecule has 3 atom stereocenters. The van der Waals surface area contributed by atoms with E-state index in [4.69, 9.17) is 0 Å². The zero-order chi connectivity index (χ0) is 15.1. The number of halogens is 1. The number of fused-ring (bicyclic) bond motifs is 3. The first-order valence-corrected chi connectivity index (χ1v) is 8.65. The molecule has 0 aromatic heterocycles. The van der Waals surface area contributed by atoms with E-state index >= 15 is 0 Å². The van der Waals surface area contributed by atoms with Crippen molar-refractivity contribution in [2.45, 2.75) is 31.3 Å². The average Bonchev–Trinajstić information content (AvgIpc) is 2.56. The number of benzene rings is 2. The van der Waals surface area contributed by atoms with Crippen molar-refractivity contribution in [1.82, 2.24) is 0 Å². The van der Waals surface area contributed by atoms with Crippen LogP contribution in [-0.4, -0.2) is 11.8 Å². The van der Waals surface area contributed by atoms with Gasteiger partial charge in [-0.3, -0.25) is 4.79 Å². The minimum atomic E-state index is 0.131. The van der Waals surface area contributed by atoms with E-state index in [1.165, 1.54) is 11.3 Å². The van der Waals surface area contributed by atoms with Gasteiger partial charge in [0.05, 0.1) is 6.04 Å². The zero-order valence-corrected chi connectivity index (χ0v) is 13.9. The Kier molecular flexibility index (Phi) is 3.53. The molecule has 3 aliphatic rings. The third-order valence-corrected chi connectivity index (χ3v) is 5.53. The van der Waals surface area contributed by atoms with E-state index in [2.05, 4.69) is 69.4 Å². The SMILES string of the molecule is O=C1C[C@@H]2CC[C@H]1[C@H](c1ccc(Br)cc1)N2c1ccccc1. The summed E-state index contributed by atoms with van der Waals surface area (Å²) in [5.41, 5.74) is 2.48. The van der Waals surface area contributed by atoms with Crippen molar-refractivity contribution in [2.24, 2.45) is 5.92 Å². The number of piperidine rings is 2. The molecule has 0 N–H and O–H groups in total. The molecule has 1 aliphatic carbocycles. The molecule has 2 heterocycles. The molecule has 1 saturated carbocycles. The van der Waals surface area contributed by atoms with Crippen LogP contribution >= 0.6 is 15.9 Å². The molecule has 2 aromatic carbocycles. The predicted octanol–water partition coefficient (Wildman–Crippen LogP) is 4.75. The van der Waals surface area contributed by atoms with Gasteiger partial charge in [0.15, 0.2) is 0 Å². The fraction of sp³-hybridized carbons (Fsp3) is 0.316. The van der Waals surface area contributed by atoms with Gasteiger partial charge in [-0.2, -0.15) is 0 Å². The minimum Gasteiger partial charge on any atom is -0.360 e. The van der Waals surface area contributed by atoms with Gasteiger partial charge >= 0.3 is 0 Å². The van der Waals surface area contributed by atoms with Gasteiger partial charge in [-0.15, -0.1) is 0 Å². The minimum absolute atomic E-state index is 0.131. The summed E-state index contributed by atoms with van der Waals surface area (Å²) in [6, 6.07) is 19.5. The van der Waals surface area contributed by atoms with Gasteiger partial charge in [0.1, 0.15) is 5.78 Å². The smallest absolute Gasteiger partial charge is 0.140 e. The highest BCUT2D eigenvalue weighted by atomic mass is 79.9. The molecule has 5 rings (SSSR count). The number of hydrogen-bond acceptors (Lipinski definition) is 2. The Labute approximate surface area is 139 Å². The molecular formula is C19H18BrNO. The average molecular weight is 356 g/mol. The van der Waals surface area contributed by atoms with Crippen molar-refractivity contribution in [3.63, 3.8) is 0 Å². The molecule has 3 heteroatoms. The third kappa shape index (κ3) is 2.28. The highest BCUT2D eigenvalue weighted by Crippen LogP contribution is 2.47. The van der Waals surface area contributed by atoms with Crippen LogP contribution in [0.5, 0.6) is 0 Å². The summed E-state index contributed by atoms with van der Waals surface area (Å²) >= 11 is 3.50. The lowest BCUT2D eigenvalue weighted by Crippen LogP contribution is -2.54. The van der Waals surface area contributed by atoms with Crippen molar-refractivity contribution in [1.29, 1.82) is 0 Å². The molecule has 112 valence electrons. The highest BCUT2D eigenvalue weighted by Gasteiger charge is 2.47. The van der Waals surface area contributed by atoms with E-state index in [0.717, 1.165) is 17.3 Å². The van der Waals surface area contributed by atoms with Crippen LogP contribution in [0.1, 0.15) is 30.9 Å². The number of rotatable bonds is 2. The first-order valence-electron chi connectivity index (χ1n) is 7.85. The normalized spacial score (nSPS) is 27.2. The van der Waals surface area contributed by atoms with Crippen molar-refractivity contribution >= 4 is 27.4 Å². The fourth-order valence-corrected chi connectivity index (χ4v) is 4.30. The van der Waals surface area contributed by atoms with Crippen LogP contribution in [0, 0.1) is 5.92 Å². The second-order valence-electron chi connectivity index (χ2n) is 6.25. The van der Waals surface area contributed by atoms with Gasteiger partial charge < -0.3 is 4.90 Å². The fourth-order valence-electron chi connectivity index (χ4n) is 4.04. The number of nitrogens with zero attached hydrogens (tertiary/aromatic N) is 1. The maximum atomic E-state index is 12.4. The van der Waals surface area contributed by atoms with E-state index in [1.54, 1.807) is 0 Å². The lowest BCUT2D eigenvalue weighted by molar-refractivity contribution is -0.128. The molecule has 0 radical (unpaired) electrons. The van der Waals surface area contributed by atoms with Crippen molar-refractivity contribution in [2.75, 3.05) is 4.90 Å². The summed E-state index contributed by atoms with van der Waals surface area (Å²) in [7, 11) is 0. The molecule has 0 amide bonds. The maximum Gasteiger partial charge on any atom is 0.140 e. The van der Waals surface area contributed by atoms with E-state index in [0.29, 0.717) is 18.2 Å². The predicted molar refractivity (Wildman–Crippen MR) is 91.9 cm³/mol. The number of anilines is 1. The summed E-state index contributed by atoms with van der Waals surface area (Å²) < 4.78 is 1.08. The number of ketones is 1. The molecule has 2 bridgehead atoms. The molecule has 2 aliphatic heterocycles. The van der Waals surface area contributed by atoms with E-state index in [1.807, 2.05) is 6.07 Å². The molecule has 2 nitrogen and oxygen atoms in total. The van der Waals surface area contributed by atoms with Crippen molar-refractivity contribution in [3.05, 3.63) is 64.6 Å². The van der Waals surface area contributed by atoms with Gasteiger partial charge in [0, 0.05) is 28.5 Å². The molecule has 2 saturated heterocycles. The third-order valence-electron chi connectivity index (χ3n) is 5.00. The Hall–Kier alpha value is -1.61. The lowest BCUT2D eigenvalue weighted by atomic mass is 9.71. The van der Waals surface area contributed by atoms with Crippen LogP contribution in [0.3, 0.4) is 0 Å². The Morgan fingerprint density at radius 1 is 0.955 bits per heavy atom. The second kappa shape index (κ2) is 5.54. The summed E-state index contributed by atoms with van der Waals surface area (Å²) in [5, 5.41) is 0. The van der Waals surface area contributed by atoms with Gasteiger partial charge in [0.25, 0.3) is 0 Å². The van der Waals surface area contributed by atoms with Gasteiger partial charge in [-0.05, 0) is 42.7 Å². The maximum absolute atomic E-state index is 12.4. The Morgan fingerprint density at radius 3 is 2.36 bits per heavy atom. The van der Waals surface area contributed by atoms with Crippen LogP contribution < -0.4 is 4.90 Å². The van der Waals surface area contributed by atoms with Crippen LogP contribution in [0.2, 0.25) is 0 Å². The van der Waals surface area contributed by atoms with Gasteiger partial charge in [0.2, 0.25) is 0 Å². The first kappa shape index (κ1) is 14.0. The first-order chi connectivity index (χ1) is 10.7. The van der Waals surface area contributed by atoms with E-state index < -0.39 is 0 Å². The standard InChI is InChI=1S/C19H18BrNO/c20-14-8-6-13(7-9-14)19-17-11-10-16(12-18(17)22)21(19)15-4-2-1-3-5-15/h1-9,16-17,19H,10-12H2/t16-,17+,19-/m0/s1. The topological polar surface area (TPSA) is 20.3 Å². The monoisotopic (exact) mass is 355 g/mol. The molecule has 0 spiro atoms. The Morgan fingerprint density at radius 2 is 1.68 bits per heavy atom. The molecule has 3 fully saturated rings. The molecule has 2 aromatic rings.